The maximum Gasteiger partial charge on any atom is 0.326 e. The van der Waals surface area contributed by atoms with Gasteiger partial charge in [-0.2, -0.15) is 5.26 Å². The molecule has 1 aliphatic heterocycles. The molecule has 1 aliphatic rings. The first-order chi connectivity index (χ1) is 9.86. The van der Waals surface area contributed by atoms with Crippen molar-refractivity contribution in [3.8, 4) is 6.07 Å². The van der Waals surface area contributed by atoms with Crippen LogP contribution >= 0.6 is 0 Å². The molecule has 0 spiro atoms. The van der Waals surface area contributed by atoms with E-state index in [1.54, 1.807) is 20.0 Å². The molecular formula is C15H23N3O3. The van der Waals surface area contributed by atoms with Crippen LogP contribution < -0.4 is 5.32 Å². The molecule has 0 bridgehead atoms. The predicted octanol–water partition coefficient (Wildman–Crippen LogP) is 1.49. The number of carbonyl (C=O) groups excluding carboxylic acids is 1. The topological polar surface area (TPSA) is 93.4 Å². The standard InChI is InChI=1S/C15H23N3O3/c1-10(2)13(15(20)21)17-14(19)12(8-16)9-18-7-5-4-6-11(18)3/h9-11,13H,4-7H2,1-3H3,(H,17,19)(H,20,21)/b12-9-. The third kappa shape index (κ3) is 4.78. The van der Waals surface area contributed by atoms with Gasteiger partial charge in [-0.25, -0.2) is 4.79 Å². The third-order valence-electron chi connectivity index (χ3n) is 3.73. The Morgan fingerprint density at radius 3 is 2.57 bits per heavy atom. The molecule has 6 nitrogen and oxygen atoms in total. The molecular weight excluding hydrogens is 270 g/mol. The van der Waals surface area contributed by atoms with Gasteiger partial charge >= 0.3 is 5.97 Å². The minimum Gasteiger partial charge on any atom is -0.480 e. The van der Waals surface area contributed by atoms with Gasteiger partial charge in [-0.15, -0.1) is 0 Å². The highest BCUT2D eigenvalue weighted by atomic mass is 16.4. The lowest BCUT2D eigenvalue weighted by atomic mass is 10.0. The third-order valence-corrected chi connectivity index (χ3v) is 3.73. The Labute approximate surface area is 125 Å². The number of aliphatic carboxylic acids is 1. The summed E-state index contributed by atoms with van der Waals surface area (Å²) >= 11 is 0. The molecule has 1 fully saturated rings. The second-order valence-corrected chi connectivity index (χ2v) is 5.77. The Morgan fingerprint density at radius 1 is 1.43 bits per heavy atom. The van der Waals surface area contributed by atoms with Crippen LogP contribution in [0.5, 0.6) is 0 Å². The molecule has 1 heterocycles. The number of carboxylic acid groups (broad SMARTS) is 1. The van der Waals surface area contributed by atoms with E-state index in [9.17, 15) is 9.59 Å². The molecule has 21 heavy (non-hydrogen) atoms. The summed E-state index contributed by atoms with van der Waals surface area (Å²) in [5.41, 5.74) is -0.0457. The number of likely N-dealkylation sites (tertiary alicyclic amines) is 1. The van der Waals surface area contributed by atoms with Crippen LogP contribution in [0, 0.1) is 17.2 Å². The maximum atomic E-state index is 12.1. The lowest BCUT2D eigenvalue weighted by Gasteiger charge is -2.32. The molecule has 0 aromatic rings. The van der Waals surface area contributed by atoms with Gasteiger partial charge in [0.05, 0.1) is 0 Å². The molecule has 116 valence electrons. The second-order valence-electron chi connectivity index (χ2n) is 5.77. The molecule has 2 atom stereocenters. The summed E-state index contributed by atoms with van der Waals surface area (Å²) in [5.74, 6) is -1.97. The van der Waals surface area contributed by atoms with Crippen LogP contribution in [0.15, 0.2) is 11.8 Å². The van der Waals surface area contributed by atoms with Gasteiger partial charge in [-0.05, 0) is 32.1 Å². The van der Waals surface area contributed by atoms with Crippen molar-refractivity contribution in [3.05, 3.63) is 11.8 Å². The molecule has 0 radical (unpaired) electrons. The minimum absolute atomic E-state index is 0.0457. The number of amides is 1. The number of nitriles is 1. The first-order valence-corrected chi connectivity index (χ1v) is 7.28. The van der Waals surface area contributed by atoms with Crippen molar-refractivity contribution in [2.45, 2.75) is 52.1 Å². The van der Waals surface area contributed by atoms with E-state index < -0.39 is 17.9 Å². The molecule has 1 saturated heterocycles. The summed E-state index contributed by atoms with van der Waals surface area (Å²) in [6.45, 7) is 6.28. The fourth-order valence-electron chi connectivity index (χ4n) is 2.35. The fourth-order valence-corrected chi connectivity index (χ4v) is 2.35. The Kier molecular flexibility index (Phi) is 6.22. The summed E-state index contributed by atoms with van der Waals surface area (Å²) < 4.78 is 0. The largest absolute Gasteiger partial charge is 0.480 e. The van der Waals surface area contributed by atoms with Gasteiger partial charge in [-0.3, -0.25) is 4.79 Å². The highest BCUT2D eigenvalue weighted by Crippen LogP contribution is 2.17. The van der Waals surface area contributed by atoms with Crippen LogP contribution in [0.25, 0.3) is 0 Å². The van der Waals surface area contributed by atoms with Crippen LogP contribution in [0.2, 0.25) is 0 Å². The Hall–Kier alpha value is -2.03. The van der Waals surface area contributed by atoms with Gasteiger partial charge < -0.3 is 15.3 Å². The van der Waals surface area contributed by atoms with Crippen LogP contribution in [0.1, 0.15) is 40.0 Å². The van der Waals surface area contributed by atoms with Crippen molar-refractivity contribution in [1.29, 1.82) is 5.26 Å². The summed E-state index contributed by atoms with van der Waals surface area (Å²) in [5, 5.41) is 20.6. The minimum atomic E-state index is -1.10. The molecule has 0 aromatic heterocycles. The van der Waals surface area contributed by atoms with Crippen molar-refractivity contribution in [2.24, 2.45) is 5.92 Å². The molecule has 1 amide bonds. The number of carboxylic acids is 1. The van der Waals surface area contributed by atoms with E-state index in [0.717, 1.165) is 25.8 Å². The normalized spacial score (nSPS) is 20.8. The number of carbonyl (C=O) groups is 2. The number of nitrogens with zero attached hydrogens (tertiary/aromatic N) is 2. The zero-order chi connectivity index (χ0) is 16.0. The Bertz CT molecular complexity index is 465. The molecule has 6 heteroatoms. The molecule has 1 rings (SSSR count). The average molecular weight is 293 g/mol. The number of rotatable bonds is 5. The van der Waals surface area contributed by atoms with Crippen LogP contribution in [-0.4, -0.2) is 40.5 Å². The van der Waals surface area contributed by atoms with E-state index in [1.807, 2.05) is 11.0 Å². The average Bonchev–Trinajstić information content (AvgIpc) is 2.42. The predicted molar refractivity (Wildman–Crippen MR) is 78.1 cm³/mol. The molecule has 0 saturated carbocycles. The van der Waals surface area contributed by atoms with E-state index in [4.69, 9.17) is 10.4 Å². The highest BCUT2D eigenvalue weighted by Gasteiger charge is 2.25. The lowest BCUT2D eigenvalue weighted by Crippen LogP contribution is -2.45. The summed E-state index contributed by atoms with van der Waals surface area (Å²) in [7, 11) is 0. The van der Waals surface area contributed by atoms with Crippen LogP contribution in [-0.2, 0) is 9.59 Å². The quantitative estimate of drug-likeness (QED) is 0.592. The first-order valence-electron chi connectivity index (χ1n) is 7.28. The van der Waals surface area contributed by atoms with E-state index >= 15 is 0 Å². The molecule has 0 aliphatic carbocycles. The zero-order valence-electron chi connectivity index (χ0n) is 12.8. The lowest BCUT2D eigenvalue weighted by molar-refractivity contribution is -0.142. The van der Waals surface area contributed by atoms with Gasteiger partial charge in [0.25, 0.3) is 5.91 Å². The van der Waals surface area contributed by atoms with Gasteiger partial charge in [0.1, 0.15) is 17.7 Å². The summed E-state index contributed by atoms with van der Waals surface area (Å²) in [6, 6.07) is 1.16. The zero-order valence-corrected chi connectivity index (χ0v) is 12.8. The van der Waals surface area contributed by atoms with Crippen molar-refractivity contribution in [1.82, 2.24) is 10.2 Å². The number of hydrogen-bond acceptors (Lipinski definition) is 4. The van der Waals surface area contributed by atoms with E-state index in [1.165, 1.54) is 0 Å². The monoisotopic (exact) mass is 293 g/mol. The van der Waals surface area contributed by atoms with Gasteiger partial charge in [0, 0.05) is 18.8 Å². The smallest absolute Gasteiger partial charge is 0.326 e. The fraction of sp³-hybridized carbons (Fsp3) is 0.667. The molecule has 2 N–H and O–H groups in total. The Morgan fingerprint density at radius 2 is 2.10 bits per heavy atom. The van der Waals surface area contributed by atoms with Gasteiger partial charge in [0.2, 0.25) is 0 Å². The van der Waals surface area contributed by atoms with E-state index in [-0.39, 0.29) is 17.5 Å². The van der Waals surface area contributed by atoms with E-state index in [0.29, 0.717) is 0 Å². The molecule has 2 unspecified atom stereocenters. The second kappa shape index (κ2) is 7.67. The van der Waals surface area contributed by atoms with Crippen molar-refractivity contribution < 1.29 is 14.7 Å². The maximum absolute atomic E-state index is 12.1. The van der Waals surface area contributed by atoms with Gasteiger partial charge in [-0.1, -0.05) is 13.8 Å². The van der Waals surface area contributed by atoms with Crippen LogP contribution in [0.3, 0.4) is 0 Å². The van der Waals surface area contributed by atoms with Crippen LogP contribution in [0.4, 0.5) is 0 Å². The summed E-state index contributed by atoms with van der Waals surface area (Å²) in [6.07, 6.45) is 4.76. The van der Waals surface area contributed by atoms with E-state index in [2.05, 4.69) is 12.2 Å². The van der Waals surface area contributed by atoms with Crippen molar-refractivity contribution in [2.75, 3.05) is 6.54 Å². The Balaban J connectivity index is 2.81. The molecule has 0 aromatic carbocycles. The number of hydrogen-bond donors (Lipinski definition) is 2. The van der Waals surface area contributed by atoms with Crippen molar-refractivity contribution >= 4 is 11.9 Å². The first kappa shape index (κ1) is 17.0. The number of piperidine rings is 1. The summed E-state index contributed by atoms with van der Waals surface area (Å²) in [4.78, 5) is 25.2. The highest BCUT2D eigenvalue weighted by molar-refractivity contribution is 5.99. The van der Waals surface area contributed by atoms with Gasteiger partial charge in [0.15, 0.2) is 0 Å². The number of nitrogens with one attached hydrogen (secondary N) is 1. The SMILES string of the molecule is CC(C)C(NC(=O)/C(C#N)=C\N1CCCCC1C)C(=O)O. The van der Waals surface area contributed by atoms with Crippen molar-refractivity contribution in [3.63, 3.8) is 0 Å².